The summed E-state index contributed by atoms with van der Waals surface area (Å²) in [5.41, 5.74) is 0.00499. The Morgan fingerprint density at radius 1 is 1.08 bits per heavy atom. The number of hydrogen-bond acceptors (Lipinski definition) is 6. The number of amides is 2. The molecule has 1 aromatic carbocycles. The SMILES string of the molecule is N#CC1CN(S(=O)(=O)N2CCCC(C(=O)N3CCC[C@@H]3C(=O)NC(c3cc(F)c(Cl)cc3F)C3CNC3)C2)C1. The number of carbonyl (C=O) groups is 2. The summed E-state index contributed by atoms with van der Waals surface area (Å²) in [5.74, 6) is -3.30. The number of rotatable bonds is 7. The lowest BCUT2D eigenvalue weighted by atomic mass is 9.87. The van der Waals surface area contributed by atoms with Crippen molar-refractivity contribution in [1.29, 1.82) is 5.26 Å². The first kappa shape index (κ1) is 28.2. The highest BCUT2D eigenvalue weighted by molar-refractivity contribution is 7.86. The summed E-state index contributed by atoms with van der Waals surface area (Å²) >= 11 is 5.72. The number of likely N-dealkylation sites (tertiary alicyclic amines) is 1. The largest absolute Gasteiger partial charge is 0.347 e. The predicted molar refractivity (Wildman–Crippen MR) is 137 cm³/mol. The van der Waals surface area contributed by atoms with Crippen LogP contribution in [0.15, 0.2) is 12.1 Å². The number of benzene rings is 1. The summed E-state index contributed by atoms with van der Waals surface area (Å²) in [6.45, 7) is 2.00. The summed E-state index contributed by atoms with van der Waals surface area (Å²) in [7, 11) is -3.77. The summed E-state index contributed by atoms with van der Waals surface area (Å²) in [4.78, 5) is 28.5. The number of hydrogen-bond donors (Lipinski definition) is 2. The lowest BCUT2D eigenvalue weighted by molar-refractivity contribution is -0.143. The molecule has 2 unspecified atom stereocenters. The van der Waals surface area contributed by atoms with E-state index in [0.717, 1.165) is 12.1 Å². The van der Waals surface area contributed by atoms with E-state index in [0.29, 0.717) is 51.9 Å². The minimum atomic E-state index is -3.77. The van der Waals surface area contributed by atoms with Crippen molar-refractivity contribution in [2.75, 3.05) is 45.8 Å². The van der Waals surface area contributed by atoms with Crippen molar-refractivity contribution in [2.45, 2.75) is 37.8 Å². The fraction of sp³-hybridized carbons (Fsp3) is 0.640. The van der Waals surface area contributed by atoms with E-state index in [1.807, 2.05) is 0 Å². The molecule has 4 saturated heterocycles. The molecule has 10 nitrogen and oxygen atoms in total. The Bertz CT molecular complexity index is 1280. The van der Waals surface area contributed by atoms with Gasteiger partial charge in [0.25, 0.3) is 10.2 Å². The van der Waals surface area contributed by atoms with Crippen molar-refractivity contribution in [3.63, 3.8) is 0 Å². The molecule has 0 saturated carbocycles. The lowest BCUT2D eigenvalue weighted by Gasteiger charge is -2.41. The number of nitrogens with zero attached hydrogens (tertiary/aromatic N) is 4. The van der Waals surface area contributed by atoms with Gasteiger partial charge in [0, 0.05) is 57.3 Å². The first-order chi connectivity index (χ1) is 18.6. The maximum atomic E-state index is 14.8. The van der Waals surface area contributed by atoms with Crippen LogP contribution in [0.25, 0.3) is 0 Å². The summed E-state index contributed by atoms with van der Waals surface area (Å²) in [6, 6.07) is 2.38. The molecular formula is C25H31ClF2N6O4S. The average molecular weight is 585 g/mol. The van der Waals surface area contributed by atoms with Crippen molar-refractivity contribution < 1.29 is 26.8 Å². The Morgan fingerprint density at radius 2 is 1.79 bits per heavy atom. The van der Waals surface area contributed by atoms with Crippen LogP contribution in [-0.4, -0.2) is 85.6 Å². The average Bonchev–Trinajstić information content (AvgIpc) is 3.34. The number of carbonyl (C=O) groups excluding carboxylic acids is 2. The Hall–Kier alpha value is -2.37. The predicted octanol–water partition coefficient (Wildman–Crippen LogP) is 1.40. The lowest BCUT2D eigenvalue weighted by Crippen LogP contribution is -2.58. The van der Waals surface area contributed by atoms with E-state index in [2.05, 4.69) is 16.7 Å². The van der Waals surface area contributed by atoms with Crippen LogP contribution in [0.3, 0.4) is 0 Å². The van der Waals surface area contributed by atoms with E-state index in [4.69, 9.17) is 16.9 Å². The van der Waals surface area contributed by atoms with E-state index >= 15 is 0 Å². The highest BCUT2D eigenvalue weighted by Crippen LogP contribution is 2.32. The van der Waals surface area contributed by atoms with Crippen LogP contribution >= 0.6 is 11.6 Å². The van der Waals surface area contributed by atoms with Crippen molar-refractivity contribution in [2.24, 2.45) is 17.8 Å². The van der Waals surface area contributed by atoms with Crippen LogP contribution in [0.2, 0.25) is 5.02 Å². The van der Waals surface area contributed by atoms with Gasteiger partial charge in [-0.25, -0.2) is 8.78 Å². The van der Waals surface area contributed by atoms with Crippen molar-refractivity contribution in [1.82, 2.24) is 24.1 Å². The van der Waals surface area contributed by atoms with Crippen molar-refractivity contribution >= 4 is 33.6 Å². The van der Waals surface area contributed by atoms with Crippen LogP contribution in [-0.2, 0) is 19.8 Å². The quantitative estimate of drug-likeness (QED) is 0.467. The van der Waals surface area contributed by atoms with Gasteiger partial charge in [-0.1, -0.05) is 11.6 Å². The van der Waals surface area contributed by atoms with E-state index in [-0.39, 0.29) is 48.0 Å². The third-order valence-corrected chi connectivity index (χ3v) is 10.4. The van der Waals surface area contributed by atoms with Gasteiger partial charge in [0.15, 0.2) is 0 Å². The molecule has 0 radical (unpaired) electrons. The zero-order chi connectivity index (χ0) is 27.9. The number of halogens is 3. The Labute approximate surface area is 231 Å². The standard InChI is InChI=1S/C25H31ClF2N6O4S/c26-19-8-20(27)18(7-21(19)28)23(17-10-30-11-17)31-24(35)22-4-2-6-34(22)25(36)16-3-1-5-32(14-16)39(37,38)33-12-15(9-29)13-33/h7-8,15-17,22-23,30H,1-6,10-14H2,(H,31,35)/t16?,22-,23?/m1/s1. The monoisotopic (exact) mass is 584 g/mol. The zero-order valence-corrected chi connectivity index (χ0v) is 22.9. The number of nitrogens with one attached hydrogen (secondary N) is 2. The normalized spacial score (nSPS) is 25.9. The number of nitriles is 1. The highest BCUT2D eigenvalue weighted by Gasteiger charge is 2.44. The smallest absolute Gasteiger partial charge is 0.282 e. The molecule has 2 amide bonds. The van der Waals surface area contributed by atoms with Gasteiger partial charge in [0.05, 0.1) is 29.0 Å². The summed E-state index contributed by atoms with van der Waals surface area (Å²) in [5, 5.41) is 14.6. The fourth-order valence-corrected chi connectivity index (χ4v) is 7.73. The molecule has 2 N–H and O–H groups in total. The molecule has 0 spiro atoms. The van der Waals surface area contributed by atoms with E-state index in [1.54, 1.807) is 0 Å². The Morgan fingerprint density at radius 3 is 2.46 bits per heavy atom. The second-order valence-corrected chi connectivity index (χ2v) is 13.1. The summed E-state index contributed by atoms with van der Waals surface area (Å²) in [6.07, 6.45) is 2.03. The minimum Gasteiger partial charge on any atom is -0.347 e. The fourth-order valence-electron chi connectivity index (χ4n) is 5.78. The molecule has 4 aliphatic rings. The molecule has 0 aliphatic carbocycles. The molecule has 4 aliphatic heterocycles. The third kappa shape index (κ3) is 5.50. The van der Waals surface area contributed by atoms with Gasteiger partial charge in [0.2, 0.25) is 11.8 Å². The van der Waals surface area contributed by atoms with Crippen LogP contribution in [0.5, 0.6) is 0 Å². The van der Waals surface area contributed by atoms with Gasteiger partial charge in [-0.3, -0.25) is 9.59 Å². The van der Waals surface area contributed by atoms with Crippen molar-refractivity contribution in [3.8, 4) is 6.07 Å². The molecular weight excluding hydrogens is 554 g/mol. The van der Waals surface area contributed by atoms with Crippen LogP contribution < -0.4 is 10.6 Å². The maximum Gasteiger partial charge on any atom is 0.282 e. The molecule has 5 rings (SSSR count). The van der Waals surface area contributed by atoms with Gasteiger partial charge < -0.3 is 15.5 Å². The molecule has 39 heavy (non-hydrogen) atoms. The highest BCUT2D eigenvalue weighted by atomic mass is 35.5. The molecule has 0 bridgehead atoms. The first-order valence-electron chi connectivity index (χ1n) is 13.2. The molecule has 0 aromatic heterocycles. The van der Waals surface area contributed by atoms with Crippen LogP contribution in [0.4, 0.5) is 8.78 Å². The van der Waals surface area contributed by atoms with Gasteiger partial charge in [-0.05, 0) is 37.8 Å². The molecule has 4 fully saturated rings. The maximum absolute atomic E-state index is 14.8. The van der Waals surface area contributed by atoms with E-state index in [9.17, 15) is 26.8 Å². The van der Waals surface area contributed by atoms with Crippen molar-refractivity contribution in [3.05, 3.63) is 34.4 Å². The molecule has 1 aromatic rings. The molecule has 3 atom stereocenters. The minimum absolute atomic E-state index is 0.00499. The Kier molecular flexibility index (Phi) is 8.13. The van der Waals surface area contributed by atoms with Gasteiger partial charge >= 0.3 is 0 Å². The summed E-state index contributed by atoms with van der Waals surface area (Å²) < 4.78 is 57.5. The second-order valence-electron chi connectivity index (χ2n) is 10.7. The first-order valence-corrected chi connectivity index (χ1v) is 15.0. The van der Waals surface area contributed by atoms with Gasteiger partial charge in [0.1, 0.15) is 17.7 Å². The number of piperidine rings is 1. The van der Waals surface area contributed by atoms with E-state index in [1.165, 1.54) is 13.5 Å². The Balaban J connectivity index is 1.27. The topological polar surface area (TPSA) is 126 Å². The molecule has 212 valence electrons. The van der Waals surface area contributed by atoms with Crippen LogP contribution in [0.1, 0.15) is 37.3 Å². The zero-order valence-electron chi connectivity index (χ0n) is 21.3. The molecule has 4 heterocycles. The second kappa shape index (κ2) is 11.2. The third-order valence-electron chi connectivity index (χ3n) is 8.21. The molecule has 14 heteroatoms. The van der Waals surface area contributed by atoms with Gasteiger partial charge in [-0.2, -0.15) is 22.3 Å². The van der Waals surface area contributed by atoms with E-state index < -0.39 is 45.8 Å². The van der Waals surface area contributed by atoms with Crippen LogP contribution in [0, 0.1) is 40.7 Å². The van der Waals surface area contributed by atoms with Gasteiger partial charge in [-0.15, -0.1) is 0 Å².